The molecule has 3 aromatic rings. The number of nitrogens with zero attached hydrogens (tertiary/aromatic N) is 3. The van der Waals surface area contributed by atoms with Gasteiger partial charge >= 0.3 is 0 Å². The Bertz CT molecular complexity index is 1000. The van der Waals surface area contributed by atoms with E-state index in [2.05, 4.69) is 31.0 Å². The van der Waals surface area contributed by atoms with Gasteiger partial charge < -0.3 is 15.8 Å². The van der Waals surface area contributed by atoms with Crippen molar-refractivity contribution in [3.05, 3.63) is 78.1 Å². The van der Waals surface area contributed by atoms with Crippen LogP contribution in [0.2, 0.25) is 0 Å². The van der Waals surface area contributed by atoms with Crippen LogP contribution in [0.1, 0.15) is 23.5 Å². The molecule has 34 heavy (non-hydrogen) atoms. The fraction of sp³-hybridized carbons (Fsp3) is 0.320. The van der Waals surface area contributed by atoms with E-state index in [4.69, 9.17) is 10.5 Å². The number of hydrogen-bond acceptors (Lipinski definition) is 8. The monoisotopic (exact) mass is 461 g/mol. The molecule has 1 aromatic heterocycles. The second kappa shape index (κ2) is 12.0. The van der Waals surface area contributed by atoms with Crippen LogP contribution >= 0.6 is 0 Å². The van der Waals surface area contributed by atoms with E-state index >= 15 is 0 Å². The van der Waals surface area contributed by atoms with Crippen molar-refractivity contribution in [2.75, 3.05) is 55.9 Å². The number of amides is 1. The molecule has 9 nitrogen and oxygen atoms in total. The van der Waals surface area contributed by atoms with Crippen LogP contribution in [0.3, 0.4) is 0 Å². The van der Waals surface area contributed by atoms with Gasteiger partial charge in [0, 0.05) is 19.6 Å². The Balaban J connectivity index is 1.36. The first-order chi connectivity index (χ1) is 16.7. The molecule has 0 bridgehead atoms. The number of rotatable bonds is 10. The Hall–Kier alpha value is -3.69. The molecule has 1 amide bonds. The third kappa shape index (κ3) is 6.21. The lowest BCUT2D eigenvalue weighted by molar-refractivity contribution is -0.121. The first-order valence-electron chi connectivity index (χ1n) is 11.5. The van der Waals surface area contributed by atoms with Crippen LogP contribution in [-0.4, -0.2) is 60.2 Å². The molecule has 1 fully saturated rings. The highest BCUT2D eigenvalue weighted by atomic mass is 16.5. The van der Waals surface area contributed by atoms with E-state index in [1.54, 1.807) is 0 Å². The van der Waals surface area contributed by atoms with Gasteiger partial charge in [-0.3, -0.25) is 20.5 Å². The maximum atomic E-state index is 13.2. The second-order valence-corrected chi connectivity index (χ2v) is 8.09. The first-order valence-corrected chi connectivity index (χ1v) is 11.5. The number of carbonyl (C=O) groups is 1. The lowest BCUT2D eigenvalue weighted by Gasteiger charge is -2.26. The lowest BCUT2D eigenvalue weighted by atomic mass is 9.91. The Kier molecular flexibility index (Phi) is 8.26. The van der Waals surface area contributed by atoms with Crippen molar-refractivity contribution in [1.82, 2.24) is 20.3 Å². The Morgan fingerprint density at radius 3 is 2.24 bits per heavy atom. The standard InChI is InChI=1S/C25H31N7O2/c26-22-23(27-12-7-13-32-14-16-34-17-15-32)28-18-29-24(22)30-31-25(33)21(19-8-3-1-4-9-19)20-10-5-2-6-11-20/h1-6,8-11,18,21H,7,12-17,26H2,(H,31,33)(H2,27,28,29,30). The van der Waals surface area contributed by atoms with Crippen molar-refractivity contribution >= 4 is 23.2 Å². The minimum atomic E-state index is -0.476. The fourth-order valence-corrected chi connectivity index (χ4v) is 3.95. The first kappa shape index (κ1) is 23.5. The third-order valence-corrected chi connectivity index (χ3v) is 5.76. The highest BCUT2D eigenvalue weighted by molar-refractivity contribution is 5.88. The number of morpholine rings is 1. The van der Waals surface area contributed by atoms with Gasteiger partial charge in [0.25, 0.3) is 0 Å². The maximum Gasteiger partial charge on any atom is 0.250 e. The predicted molar refractivity (Wildman–Crippen MR) is 133 cm³/mol. The zero-order valence-electron chi connectivity index (χ0n) is 19.1. The van der Waals surface area contributed by atoms with Crippen molar-refractivity contribution in [1.29, 1.82) is 0 Å². The molecule has 178 valence electrons. The van der Waals surface area contributed by atoms with Crippen LogP contribution in [-0.2, 0) is 9.53 Å². The number of nitrogen functional groups attached to an aromatic ring is 1. The zero-order chi connectivity index (χ0) is 23.6. The summed E-state index contributed by atoms with van der Waals surface area (Å²) in [5.41, 5.74) is 14.1. The molecule has 2 heterocycles. The molecular weight excluding hydrogens is 430 g/mol. The third-order valence-electron chi connectivity index (χ3n) is 5.76. The predicted octanol–water partition coefficient (Wildman–Crippen LogP) is 2.47. The smallest absolute Gasteiger partial charge is 0.250 e. The molecule has 9 heteroatoms. The quantitative estimate of drug-likeness (QED) is 0.269. The van der Waals surface area contributed by atoms with E-state index in [1.807, 2.05) is 60.7 Å². The molecule has 4 rings (SSSR count). The van der Waals surface area contributed by atoms with Gasteiger partial charge in [-0.1, -0.05) is 60.7 Å². The molecule has 0 saturated carbocycles. The molecule has 1 saturated heterocycles. The van der Waals surface area contributed by atoms with Crippen LogP contribution in [0.15, 0.2) is 67.0 Å². The average Bonchev–Trinajstić information content (AvgIpc) is 2.89. The molecule has 1 aliphatic rings. The van der Waals surface area contributed by atoms with Crippen molar-refractivity contribution < 1.29 is 9.53 Å². The zero-order valence-corrected chi connectivity index (χ0v) is 19.1. The Morgan fingerprint density at radius 1 is 0.971 bits per heavy atom. The number of ether oxygens (including phenoxy) is 1. The number of anilines is 3. The van der Waals surface area contributed by atoms with E-state index in [0.717, 1.165) is 56.9 Å². The number of hydrazine groups is 1. The largest absolute Gasteiger partial charge is 0.393 e. The number of hydrogen-bond donors (Lipinski definition) is 4. The minimum Gasteiger partial charge on any atom is -0.393 e. The molecule has 5 N–H and O–H groups in total. The molecule has 0 radical (unpaired) electrons. The van der Waals surface area contributed by atoms with Crippen molar-refractivity contribution in [3.8, 4) is 0 Å². The van der Waals surface area contributed by atoms with Crippen LogP contribution in [0.25, 0.3) is 0 Å². The highest BCUT2D eigenvalue weighted by Crippen LogP contribution is 2.26. The van der Waals surface area contributed by atoms with Crippen LogP contribution in [0.5, 0.6) is 0 Å². The lowest BCUT2D eigenvalue weighted by Crippen LogP contribution is -2.37. The fourth-order valence-electron chi connectivity index (χ4n) is 3.95. The molecule has 0 spiro atoms. The molecule has 0 unspecified atom stereocenters. The topological polar surface area (TPSA) is 117 Å². The summed E-state index contributed by atoms with van der Waals surface area (Å²) in [6, 6.07) is 19.3. The van der Waals surface area contributed by atoms with Crippen LogP contribution in [0, 0.1) is 0 Å². The summed E-state index contributed by atoms with van der Waals surface area (Å²) in [5, 5.41) is 3.27. The minimum absolute atomic E-state index is 0.213. The van der Waals surface area contributed by atoms with Gasteiger partial charge in [-0.2, -0.15) is 0 Å². The van der Waals surface area contributed by atoms with E-state index in [9.17, 15) is 4.79 Å². The SMILES string of the molecule is Nc1c(NCCCN2CCOCC2)ncnc1NNC(=O)C(c1ccccc1)c1ccccc1. The van der Waals surface area contributed by atoms with Gasteiger partial charge in [0.2, 0.25) is 5.91 Å². The summed E-state index contributed by atoms with van der Waals surface area (Å²) in [7, 11) is 0. The number of nitrogens with two attached hydrogens (primary N) is 1. The summed E-state index contributed by atoms with van der Waals surface area (Å²) >= 11 is 0. The van der Waals surface area contributed by atoms with Gasteiger partial charge in [-0.05, 0) is 24.1 Å². The van der Waals surface area contributed by atoms with E-state index < -0.39 is 5.92 Å². The number of carbonyl (C=O) groups excluding carboxylic acids is 1. The van der Waals surface area contributed by atoms with Crippen molar-refractivity contribution in [3.63, 3.8) is 0 Å². The maximum absolute atomic E-state index is 13.2. The summed E-state index contributed by atoms with van der Waals surface area (Å²) in [6.07, 6.45) is 2.37. The van der Waals surface area contributed by atoms with Gasteiger partial charge in [-0.15, -0.1) is 0 Å². The molecule has 2 aromatic carbocycles. The number of nitrogens with one attached hydrogen (secondary N) is 3. The summed E-state index contributed by atoms with van der Waals surface area (Å²) < 4.78 is 5.38. The number of aromatic nitrogens is 2. The molecule has 1 aliphatic heterocycles. The Morgan fingerprint density at radius 2 is 1.59 bits per heavy atom. The molecular formula is C25H31N7O2. The Labute approximate surface area is 199 Å². The van der Waals surface area contributed by atoms with Gasteiger partial charge in [0.15, 0.2) is 11.6 Å². The van der Waals surface area contributed by atoms with Gasteiger partial charge in [-0.25, -0.2) is 9.97 Å². The van der Waals surface area contributed by atoms with Crippen LogP contribution in [0.4, 0.5) is 17.3 Å². The van der Waals surface area contributed by atoms with Crippen molar-refractivity contribution in [2.24, 2.45) is 0 Å². The summed E-state index contributed by atoms with van der Waals surface area (Å²) in [6.45, 7) is 5.24. The molecule has 0 atom stereocenters. The number of benzene rings is 2. The summed E-state index contributed by atoms with van der Waals surface area (Å²) in [5.74, 6) is 0.196. The highest BCUT2D eigenvalue weighted by Gasteiger charge is 2.23. The van der Waals surface area contributed by atoms with E-state index in [-0.39, 0.29) is 5.91 Å². The van der Waals surface area contributed by atoms with Crippen LogP contribution < -0.4 is 21.9 Å². The van der Waals surface area contributed by atoms with Gasteiger partial charge in [0.05, 0.1) is 19.1 Å². The summed E-state index contributed by atoms with van der Waals surface area (Å²) in [4.78, 5) is 24.0. The average molecular weight is 462 g/mol. The normalized spacial score (nSPS) is 14.0. The van der Waals surface area contributed by atoms with Crippen molar-refractivity contribution in [2.45, 2.75) is 12.3 Å². The van der Waals surface area contributed by atoms with E-state index in [0.29, 0.717) is 17.3 Å². The molecule has 0 aliphatic carbocycles. The van der Waals surface area contributed by atoms with E-state index in [1.165, 1.54) is 6.33 Å². The van der Waals surface area contributed by atoms with Gasteiger partial charge in [0.1, 0.15) is 12.0 Å². The second-order valence-electron chi connectivity index (χ2n) is 8.09.